The van der Waals surface area contributed by atoms with Crippen LogP contribution in [0.2, 0.25) is 0 Å². The number of carbonyl (C=O) groups is 1. The highest BCUT2D eigenvalue weighted by atomic mass is 32.2. The van der Waals surface area contributed by atoms with E-state index < -0.39 is 4.92 Å². The molecule has 9 nitrogen and oxygen atoms in total. The zero-order valence-corrected chi connectivity index (χ0v) is 20.9. The van der Waals surface area contributed by atoms with Gasteiger partial charge in [-0.15, -0.1) is 11.8 Å². The van der Waals surface area contributed by atoms with E-state index in [9.17, 15) is 14.9 Å². The number of hydrogen-bond acceptors (Lipinski definition) is 9. The predicted molar refractivity (Wildman–Crippen MR) is 133 cm³/mol. The zero-order chi connectivity index (χ0) is 24.3. The van der Waals surface area contributed by atoms with E-state index in [2.05, 4.69) is 36.1 Å². The first-order chi connectivity index (χ1) is 16.2. The number of likely N-dealkylation sites (tertiary alicyclic amines) is 1. The maximum atomic E-state index is 12.9. The number of benzene rings is 1. The maximum Gasteiger partial charge on any atom is 0.269 e. The van der Waals surface area contributed by atoms with Gasteiger partial charge in [0, 0.05) is 42.2 Å². The Labute approximate surface area is 206 Å². The van der Waals surface area contributed by atoms with Crippen molar-refractivity contribution < 1.29 is 14.1 Å². The molecule has 1 atom stereocenters. The average Bonchev–Trinajstić information content (AvgIpc) is 3.47. The molecule has 3 heterocycles. The number of nitro groups is 1. The number of hydrogen-bond donors (Lipinski definition) is 1. The fraction of sp³-hybridized carbons (Fsp3) is 0.435. The minimum absolute atomic E-state index is 0.0235. The van der Waals surface area contributed by atoms with E-state index in [0.29, 0.717) is 30.3 Å². The van der Waals surface area contributed by atoms with Crippen LogP contribution in [-0.2, 0) is 11.2 Å². The van der Waals surface area contributed by atoms with Crippen molar-refractivity contribution in [1.82, 2.24) is 14.9 Å². The van der Waals surface area contributed by atoms with Crippen molar-refractivity contribution in [2.24, 2.45) is 0 Å². The largest absolute Gasteiger partial charge is 0.444 e. The number of non-ortho nitro benzene ring substituents is 1. The lowest BCUT2D eigenvalue weighted by Crippen LogP contribution is -2.45. The lowest BCUT2D eigenvalue weighted by atomic mass is 9.94. The highest BCUT2D eigenvalue weighted by Crippen LogP contribution is 2.32. The van der Waals surface area contributed by atoms with E-state index in [0.717, 1.165) is 27.9 Å². The van der Waals surface area contributed by atoms with Crippen LogP contribution in [0.1, 0.15) is 55.6 Å². The number of nitrogens with one attached hydrogen (secondary N) is 1. The van der Waals surface area contributed by atoms with Gasteiger partial charge in [-0.25, -0.2) is 9.97 Å². The number of anilines is 1. The van der Waals surface area contributed by atoms with Crippen LogP contribution in [0, 0.1) is 10.1 Å². The van der Waals surface area contributed by atoms with E-state index in [4.69, 9.17) is 4.42 Å². The summed E-state index contributed by atoms with van der Waals surface area (Å²) in [5, 5.41) is 15.1. The van der Waals surface area contributed by atoms with Crippen molar-refractivity contribution in [1.29, 1.82) is 0 Å². The zero-order valence-electron chi connectivity index (χ0n) is 19.3. The molecule has 1 N–H and O–H groups in total. The topological polar surface area (TPSA) is 114 Å². The fourth-order valence-corrected chi connectivity index (χ4v) is 5.41. The second kappa shape index (κ2) is 10.1. The molecule has 0 saturated carbocycles. The number of piperidine rings is 1. The smallest absolute Gasteiger partial charge is 0.269 e. The van der Waals surface area contributed by atoms with Gasteiger partial charge in [0.2, 0.25) is 5.89 Å². The number of thiazole rings is 1. The number of nitro benzene ring substituents is 1. The minimum Gasteiger partial charge on any atom is -0.444 e. The molecule has 3 aromatic rings. The van der Waals surface area contributed by atoms with Crippen LogP contribution in [0.15, 0.2) is 45.3 Å². The Hall–Kier alpha value is -2.92. The molecule has 11 heteroatoms. The summed E-state index contributed by atoms with van der Waals surface area (Å²) < 4.78 is 6.92. The van der Waals surface area contributed by atoms with Gasteiger partial charge in [-0.2, -0.15) is 0 Å². The van der Waals surface area contributed by atoms with Crippen LogP contribution in [-0.4, -0.2) is 44.8 Å². The summed E-state index contributed by atoms with van der Waals surface area (Å²) >= 11 is 3.21. The van der Waals surface area contributed by atoms with Crippen molar-refractivity contribution >= 4 is 39.8 Å². The summed E-state index contributed by atoms with van der Waals surface area (Å²) in [6, 6.07) is 5.86. The van der Waals surface area contributed by atoms with Gasteiger partial charge in [0.1, 0.15) is 5.76 Å². The molecule has 1 fully saturated rings. The third-order valence-electron chi connectivity index (χ3n) is 5.48. The van der Waals surface area contributed by atoms with Crippen LogP contribution in [0.5, 0.6) is 0 Å². The molecule has 1 aliphatic rings. The highest BCUT2D eigenvalue weighted by molar-refractivity contribution is 8.00. The van der Waals surface area contributed by atoms with Gasteiger partial charge < -0.3 is 14.6 Å². The Morgan fingerprint density at radius 2 is 2.06 bits per heavy atom. The second-order valence-electron chi connectivity index (χ2n) is 9.18. The molecular formula is C23H27N5O4S2. The molecule has 1 amide bonds. The van der Waals surface area contributed by atoms with Crippen LogP contribution in [0.3, 0.4) is 0 Å². The average molecular weight is 502 g/mol. The van der Waals surface area contributed by atoms with E-state index in [1.165, 1.54) is 24.3 Å². The first-order valence-corrected chi connectivity index (χ1v) is 12.8. The Kier molecular flexibility index (Phi) is 7.22. The Morgan fingerprint density at radius 1 is 1.29 bits per heavy atom. The quantitative estimate of drug-likeness (QED) is 0.262. The molecule has 1 saturated heterocycles. The molecule has 1 aliphatic heterocycles. The van der Waals surface area contributed by atoms with Crippen molar-refractivity contribution in [3.05, 3.63) is 64.0 Å². The Balaban J connectivity index is 1.30. The minimum atomic E-state index is -0.468. The molecule has 0 spiro atoms. The van der Waals surface area contributed by atoms with Gasteiger partial charge in [0.05, 0.1) is 27.3 Å². The molecule has 0 unspecified atom stereocenters. The molecule has 0 radical (unpaired) electrons. The summed E-state index contributed by atoms with van der Waals surface area (Å²) in [6.07, 6.45) is 5.46. The molecule has 1 aromatic carbocycles. The standard InChI is InChI=1S/C23H27N5O4S2/c1-23(2,3)18-11-24-19(32-18)14-33-20-12-25-22(34-20)26-16-5-4-10-27(13-16)21(29)15-6-8-17(9-7-15)28(30)31/h6-9,11-12,16H,4-5,10,13-14H2,1-3H3,(H,25,26)/t16-/m0/s1. The third kappa shape index (κ3) is 5.95. The first kappa shape index (κ1) is 24.2. The monoisotopic (exact) mass is 501 g/mol. The van der Waals surface area contributed by atoms with Gasteiger partial charge in [0.15, 0.2) is 5.13 Å². The molecule has 34 heavy (non-hydrogen) atoms. The summed E-state index contributed by atoms with van der Waals surface area (Å²) in [5.41, 5.74) is 0.371. The van der Waals surface area contributed by atoms with Gasteiger partial charge in [-0.3, -0.25) is 14.9 Å². The number of thioether (sulfide) groups is 1. The number of carbonyl (C=O) groups excluding carboxylic acids is 1. The van der Waals surface area contributed by atoms with E-state index in [1.807, 2.05) is 6.20 Å². The van der Waals surface area contributed by atoms with Crippen molar-refractivity contribution in [2.45, 2.75) is 55.0 Å². The van der Waals surface area contributed by atoms with Crippen LogP contribution >= 0.6 is 23.1 Å². The van der Waals surface area contributed by atoms with Crippen molar-refractivity contribution in [3.63, 3.8) is 0 Å². The maximum absolute atomic E-state index is 12.9. The number of nitrogens with zero attached hydrogens (tertiary/aromatic N) is 4. The fourth-order valence-electron chi connectivity index (χ4n) is 3.61. The van der Waals surface area contributed by atoms with Crippen LogP contribution < -0.4 is 5.32 Å². The summed E-state index contributed by atoms with van der Waals surface area (Å²) in [7, 11) is 0. The predicted octanol–water partition coefficient (Wildman–Crippen LogP) is 5.35. The molecule has 2 aromatic heterocycles. The van der Waals surface area contributed by atoms with Gasteiger partial charge in [-0.05, 0) is 25.0 Å². The Bertz CT molecular complexity index is 1150. The lowest BCUT2D eigenvalue weighted by Gasteiger charge is -2.33. The lowest BCUT2D eigenvalue weighted by molar-refractivity contribution is -0.384. The van der Waals surface area contributed by atoms with Gasteiger partial charge in [0.25, 0.3) is 11.6 Å². The van der Waals surface area contributed by atoms with Crippen molar-refractivity contribution in [3.8, 4) is 0 Å². The van der Waals surface area contributed by atoms with Crippen molar-refractivity contribution in [2.75, 3.05) is 18.4 Å². The molecule has 0 bridgehead atoms. The summed E-state index contributed by atoms with van der Waals surface area (Å²) in [4.78, 5) is 33.9. The van der Waals surface area contributed by atoms with Gasteiger partial charge in [-0.1, -0.05) is 32.1 Å². The summed E-state index contributed by atoms with van der Waals surface area (Å²) in [5.74, 6) is 2.10. The first-order valence-electron chi connectivity index (χ1n) is 11.0. The van der Waals surface area contributed by atoms with E-state index >= 15 is 0 Å². The van der Waals surface area contributed by atoms with Gasteiger partial charge >= 0.3 is 0 Å². The molecule has 4 rings (SSSR count). The summed E-state index contributed by atoms with van der Waals surface area (Å²) in [6.45, 7) is 7.51. The third-order valence-corrected chi connectivity index (χ3v) is 7.58. The highest BCUT2D eigenvalue weighted by Gasteiger charge is 2.25. The number of oxazole rings is 1. The van der Waals surface area contributed by atoms with E-state index in [1.54, 1.807) is 34.2 Å². The molecule has 180 valence electrons. The number of rotatable bonds is 7. The SMILES string of the molecule is CC(C)(C)c1cnc(CSc2cnc(N[C@H]3CCCN(C(=O)c4ccc([N+](=O)[O-])cc4)C3)s2)o1. The van der Waals surface area contributed by atoms with Crippen LogP contribution in [0.4, 0.5) is 10.8 Å². The number of amides is 1. The number of aromatic nitrogens is 2. The molecule has 0 aliphatic carbocycles. The van der Waals surface area contributed by atoms with Crippen LogP contribution in [0.25, 0.3) is 0 Å². The normalized spacial score (nSPS) is 16.4. The second-order valence-corrected chi connectivity index (χ2v) is 11.5. The molecular weight excluding hydrogens is 474 g/mol. The Morgan fingerprint density at radius 3 is 2.74 bits per heavy atom. The van der Waals surface area contributed by atoms with E-state index in [-0.39, 0.29) is 23.1 Å².